The summed E-state index contributed by atoms with van der Waals surface area (Å²) in [7, 11) is -3.46. The standard InChI is InChI=1S/C18H24N2O2S.H2O/c1-15-10-13-20(14-15)12-5-11-19-23(21,22)18-9-4-7-16-6-2-3-8-17(16)18;/h2-4,6-9,15,19H,5,10-14H2,1H3;1H2. The summed E-state index contributed by atoms with van der Waals surface area (Å²) < 4.78 is 27.9. The summed E-state index contributed by atoms with van der Waals surface area (Å²) in [6, 6.07) is 13.0. The van der Waals surface area contributed by atoms with Gasteiger partial charge in [-0.3, -0.25) is 0 Å². The maximum Gasteiger partial charge on any atom is 0.241 e. The van der Waals surface area contributed by atoms with Crippen LogP contribution in [0.4, 0.5) is 0 Å². The van der Waals surface area contributed by atoms with Gasteiger partial charge in [-0.1, -0.05) is 43.3 Å². The number of hydrogen-bond acceptors (Lipinski definition) is 3. The van der Waals surface area contributed by atoms with E-state index in [1.807, 2.05) is 30.3 Å². The Kier molecular flexibility index (Phi) is 6.34. The van der Waals surface area contributed by atoms with Crippen molar-refractivity contribution < 1.29 is 13.9 Å². The molecular weight excluding hydrogens is 324 g/mol. The van der Waals surface area contributed by atoms with Crippen molar-refractivity contribution in [2.75, 3.05) is 26.2 Å². The van der Waals surface area contributed by atoms with E-state index in [-0.39, 0.29) is 5.48 Å². The van der Waals surface area contributed by atoms with Crippen LogP contribution in [-0.2, 0) is 10.0 Å². The van der Waals surface area contributed by atoms with Crippen molar-refractivity contribution in [3.05, 3.63) is 42.5 Å². The van der Waals surface area contributed by atoms with E-state index in [4.69, 9.17) is 0 Å². The SMILES string of the molecule is CC1CCN(CCCNS(=O)(=O)c2cccc3ccccc23)C1.O. The van der Waals surface area contributed by atoms with Crippen LogP contribution in [0.2, 0.25) is 0 Å². The molecule has 1 aliphatic rings. The maximum atomic E-state index is 12.6. The Morgan fingerprint density at radius 3 is 2.67 bits per heavy atom. The van der Waals surface area contributed by atoms with Gasteiger partial charge < -0.3 is 10.4 Å². The topological polar surface area (TPSA) is 80.9 Å². The van der Waals surface area contributed by atoms with E-state index in [0.717, 1.165) is 42.7 Å². The van der Waals surface area contributed by atoms with Gasteiger partial charge in [0.2, 0.25) is 10.0 Å². The molecule has 1 heterocycles. The van der Waals surface area contributed by atoms with E-state index in [0.29, 0.717) is 11.4 Å². The van der Waals surface area contributed by atoms with Gasteiger partial charge in [0, 0.05) is 18.5 Å². The molecule has 2 aromatic rings. The highest BCUT2D eigenvalue weighted by Crippen LogP contribution is 2.22. The first-order valence-corrected chi connectivity index (χ1v) is 9.74. The van der Waals surface area contributed by atoms with Crippen molar-refractivity contribution in [1.82, 2.24) is 9.62 Å². The third-order valence-electron chi connectivity index (χ3n) is 4.49. The second-order valence-corrected chi connectivity index (χ2v) is 8.16. The zero-order chi connectivity index (χ0) is 16.3. The quantitative estimate of drug-likeness (QED) is 0.809. The zero-order valence-corrected chi connectivity index (χ0v) is 14.8. The molecule has 1 fully saturated rings. The molecule has 0 aromatic heterocycles. The minimum absolute atomic E-state index is 0. The summed E-state index contributed by atoms with van der Waals surface area (Å²) in [4.78, 5) is 2.78. The molecule has 24 heavy (non-hydrogen) atoms. The summed E-state index contributed by atoms with van der Waals surface area (Å²) in [5.41, 5.74) is 0. The van der Waals surface area contributed by atoms with E-state index in [2.05, 4.69) is 16.5 Å². The number of nitrogens with zero attached hydrogens (tertiary/aromatic N) is 1. The highest BCUT2D eigenvalue weighted by molar-refractivity contribution is 7.89. The minimum Gasteiger partial charge on any atom is -0.412 e. The highest BCUT2D eigenvalue weighted by atomic mass is 32.2. The van der Waals surface area contributed by atoms with Gasteiger partial charge in [-0.15, -0.1) is 0 Å². The number of sulfonamides is 1. The lowest BCUT2D eigenvalue weighted by Crippen LogP contribution is -2.29. The molecule has 132 valence electrons. The van der Waals surface area contributed by atoms with Crippen molar-refractivity contribution in [2.24, 2.45) is 5.92 Å². The molecule has 1 aliphatic heterocycles. The predicted octanol–water partition coefficient (Wildman–Crippen LogP) is 2.03. The summed E-state index contributed by atoms with van der Waals surface area (Å²) >= 11 is 0. The van der Waals surface area contributed by atoms with E-state index < -0.39 is 10.0 Å². The zero-order valence-electron chi connectivity index (χ0n) is 14.0. The van der Waals surface area contributed by atoms with Crippen LogP contribution in [0, 0.1) is 5.92 Å². The monoisotopic (exact) mass is 350 g/mol. The van der Waals surface area contributed by atoms with Gasteiger partial charge in [0.1, 0.15) is 0 Å². The van der Waals surface area contributed by atoms with Gasteiger partial charge in [-0.05, 0) is 43.3 Å². The van der Waals surface area contributed by atoms with Crippen LogP contribution in [0.3, 0.4) is 0 Å². The smallest absolute Gasteiger partial charge is 0.241 e. The lowest BCUT2D eigenvalue weighted by molar-refractivity contribution is 0.323. The van der Waals surface area contributed by atoms with Gasteiger partial charge in [-0.2, -0.15) is 0 Å². The van der Waals surface area contributed by atoms with Gasteiger partial charge in [0.25, 0.3) is 0 Å². The Hall–Kier alpha value is -1.47. The molecule has 0 amide bonds. The van der Waals surface area contributed by atoms with Crippen LogP contribution in [0.5, 0.6) is 0 Å². The molecule has 3 N–H and O–H groups in total. The van der Waals surface area contributed by atoms with Crippen molar-refractivity contribution in [2.45, 2.75) is 24.7 Å². The summed E-state index contributed by atoms with van der Waals surface area (Å²) in [5.74, 6) is 0.766. The molecule has 0 radical (unpaired) electrons. The predicted molar refractivity (Wildman–Crippen MR) is 97.6 cm³/mol. The molecule has 0 saturated carbocycles. The molecule has 0 bridgehead atoms. The molecular formula is C18H26N2O3S. The molecule has 1 unspecified atom stereocenters. The van der Waals surface area contributed by atoms with Crippen molar-refractivity contribution in [3.63, 3.8) is 0 Å². The van der Waals surface area contributed by atoms with Crippen LogP contribution in [0.1, 0.15) is 19.8 Å². The van der Waals surface area contributed by atoms with E-state index in [9.17, 15) is 8.42 Å². The van der Waals surface area contributed by atoms with Crippen LogP contribution in [0.15, 0.2) is 47.4 Å². The first kappa shape index (κ1) is 18.9. The molecule has 1 saturated heterocycles. The average molecular weight is 350 g/mol. The lowest BCUT2D eigenvalue weighted by atomic mass is 10.1. The Morgan fingerprint density at radius 1 is 1.17 bits per heavy atom. The minimum atomic E-state index is -3.46. The number of hydrogen-bond donors (Lipinski definition) is 1. The van der Waals surface area contributed by atoms with Crippen LogP contribution >= 0.6 is 0 Å². The van der Waals surface area contributed by atoms with Crippen molar-refractivity contribution in [1.29, 1.82) is 0 Å². The van der Waals surface area contributed by atoms with Crippen LogP contribution in [0.25, 0.3) is 10.8 Å². The Balaban J connectivity index is 0.00000208. The average Bonchev–Trinajstić information content (AvgIpc) is 2.96. The molecule has 0 spiro atoms. The van der Waals surface area contributed by atoms with E-state index in [1.54, 1.807) is 12.1 Å². The largest absolute Gasteiger partial charge is 0.412 e. The van der Waals surface area contributed by atoms with Gasteiger partial charge >= 0.3 is 0 Å². The fourth-order valence-corrected chi connectivity index (χ4v) is 4.55. The molecule has 0 aliphatic carbocycles. The first-order valence-electron chi connectivity index (χ1n) is 8.26. The molecule has 2 aromatic carbocycles. The molecule has 5 nitrogen and oxygen atoms in total. The number of likely N-dealkylation sites (tertiary alicyclic amines) is 1. The third kappa shape index (κ3) is 4.33. The van der Waals surface area contributed by atoms with E-state index in [1.165, 1.54) is 6.42 Å². The van der Waals surface area contributed by atoms with Gasteiger partial charge in [0.05, 0.1) is 4.90 Å². The molecule has 6 heteroatoms. The second kappa shape index (κ2) is 8.07. The number of benzene rings is 2. The summed E-state index contributed by atoms with van der Waals surface area (Å²) in [6.07, 6.45) is 2.10. The van der Waals surface area contributed by atoms with Gasteiger partial charge in [-0.25, -0.2) is 13.1 Å². The van der Waals surface area contributed by atoms with Crippen molar-refractivity contribution in [3.8, 4) is 0 Å². The van der Waals surface area contributed by atoms with Crippen LogP contribution < -0.4 is 4.72 Å². The highest BCUT2D eigenvalue weighted by Gasteiger charge is 2.19. The van der Waals surface area contributed by atoms with Crippen molar-refractivity contribution >= 4 is 20.8 Å². The fraction of sp³-hybridized carbons (Fsp3) is 0.444. The number of fused-ring (bicyclic) bond motifs is 1. The normalized spacial score (nSPS) is 18.6. The Morgan fingerprint density at radius 2 is 1.92 bits per heavy atom. The summed E-state index contributed by atoms with van der Waals surface area (Å²) in [5, 5.41) is 1.72. The Labute approximate surface area is 144 Å². The fourth-order valence-electron chi connectivity index (χ4n) is 3.25. The summed E-state index contributed by atoms with van der Waals surface area (Å²) in [6.45, 7) is 5.98. The maximum absolute atomic E-state index is 12.6. The molecule has 1 atom stereocenters. The Bertz CT molecular complexity index is 771. The number of nitrogens with one attached hydrogen (secondary N) is 1. The second-order valence-electron chi connectivity index (χ2n) is 6.42. The lowest BCUT2D eigenvalue weighted by Gasteiger charge is -2.15. The van der Waals surface area contributed by atoms with Gasteiger partial charge in [0.15, 0.2) is 0 Å². The third-order valence-corrected chi connectivity index (χ3v) is 6.01. The van der Waals surface area contributed by atoms with E-state index >= 15 is 0 Å². The van der Waals surface area contributed by atoms with Crippen LogP contribution in [-0.4, -0.2) is 45.0 Å². The molecule has 3 rings (SSSR count). The first-order chi connectivity index (χ1) is 11.1. The number of rotatable bonds is 6.